The molecule has 1 aromatic rings. The second kappa shape index (κ2) is 8.96. The molecule has 2 atom stereocenters. The summed E-state index contributed by atoms with van der Waals surface area (Å²) in [5.41, 5.74) is 0.583. The zero-order valence-electron chi connectivity index (χ0n) is 15.7. The van der Waals surface area contributed by atoms with Gasteiger partial charge in [0.05, 0.1) is 18.2 Å². The van der Waals surface area contributed by atoms with E-state index in [1.165, 1.54) is 0 Å². The monoisotopic (exact) mass is 380 g/mol. The highest BCUT2D eigenvalue weighted by molar-refractivity contribution is 6.32. The van der Waals surface area contributed by atoms with Crippen molar-refractivity contribution >= 4 is 17.5 Å². The number of rotatable bonds is 7. The van der Waals surface area contributed by atoms with Crippen LogP contribution in [0.1, 0.15) is 56.3 Å². The molecule has 2 bridgehead atoms. The summed E-state index contributed by atoms with van der Waals surface area (Å²) < 4.78 is 11.6. The highest BCUT2D eigenvalue weighted by atomic mass is 35.5. The molecule has 2 aliphatic heterocycles. The van der Waals surface area contributed by atoms with Crippen molar-refractivity contribution in [2.75, 3.05) is 26.3 Å². The van der Waals surface area contributed by atoms with Gasteiger partial charge in [-0.2, -0.15) is 0 Å². The summed E-state index contributed by atoms with van der Waals surface area (Å²) >= 11 is 6.46. The summed E-state index contributed by atoms with van der Waals surface area (Å²) in [6.45, 7) is 6.95. The number of ether oxygens (including phenoxy) is 2. The van der Waals surface area contributed by atoms with Crippen LogP contribution < -0.4 is 14.8 Å². The van der Waals surface area contributed by atoms with Crippen molar-refractivity contribution in [2.45, 2.75) is 58.0 Å². The van der Waals surface area contributed by atoms with Crippen LogP contribution in [0.2, 0.25) is 5.02 Å². The summed E-state index contributed by atoms with van der Waals surface area (Å²) in [4.78, 5) is 15.3. The molecule has 1 aromatic carbocycles. The van der Waals surface area contributed by atoms with Crippen LogP contribution in [-0.4, -0.2) is 49.2 Å². The molecule has 1 N–H and O–H groups in total. The fourth-order valence-corrected chi connectivity index (χ4v) is 4.14. The number of hydrogen-bond acceptors (Lipinski definition) is 4. The SMILES string of the molecule is CCCCOc1c(Cl)cc(C(=O)N2C3CCNCC2CC3)cc1OCC. The van der Waals surface area contributed by atoms with E-state index in [0.29, 0.717) is 41.3 Å². The molecule has 5 nitrogen and oxygen atoms in total. The first-order valence-corrected chi connectivity index (χ1v) is 10.2. The maximum absolute atomic E-state index is 13.2. The number of benzene rings is 1. The number of unbranched alkanes of at least 4 members (excludes halogenated alkanes) is 1. The molecule has 1 amide bonds. The van der Waals surface area contributed by atoms with Crippen LogP contribution >= 0.6 is 11.6 Å². The Labute approximate surface area is 161 Å². The molecule has 2 heterocycles. The number of carbonyl (C=O) groups excluding carboxylic acids is 1. The van der Waals surface area contributed by atoms with E-state index in [1.54, 1.807) is 12.1 Å². The molecule has 0 aromatic heterocycles. The van der Waals surface area contributed by atoms with Gasteiger partial charge in [-0.15, -0.1) is 0 Å². The minimum absolute atomic E-state index is 0.0455. The van der Waals surface area contributed by atoms with E-state index in [0.717, 1.165) is 45.2 Å². The molecular weight excluding hydrogens is 352 g/mol. The molecular formula is C20H29ClN2O3. The number of fused-ring (bicyclic) bond motifs is 2. The van der Waals surface area contributed by atoms with Gasteiger partial charge in [0.2, 0.25) is 0 Å². The van der Waals surface area contributed by atoms with E-state index < -0.39 is 0 Å². The van der Waals surface area contributed by atoms with Crippen LogP contribution in [0.3, 0.4) is 0 Å². The van der Waals surface area contributed by atoms with Crippen molar-refractivity contribution in [3.05, 3.63) is 22.7 Å². The molecule has 6 heteroatoms. The highest BCUT2D eigenvalue weighted by Crippen LogP contribution is 2.38. The minimum Gasteiger partial charge on any atom is -0.490 e. The molecule has 2 saturated heterocycles. The van der Waals surface area contributed by atoms with E-state index in [9.17, 15) is 4.79 Å². The summed E-state index contributed by atoms with van der Waals surface area (Å²) in [5.74, 6) is 1.14. The first kappa shape index (κ1) is 19.3. The Bertz CT molecular complexity index is 624. The Morgan fingerprint density at radius 2 is 2.04 bits per heavy atom. The summed E-state index contributed by atoms with van der Waals surface area (Å²) in [6.07, 6.45) is 5.15. The molecule has 2 unspecified atom stereocenters. The van der Waals surface area contributed by atoms with E-state index in [4.69, 9.17) is 21.1 Å². The first-order valence-electron chi connectivity index (χ1n) is 9.78. The number of carbonyl (C=O) groups is 1. The predicted octanol–water partition coefficient (Wildman–Crippen LogP) is 3.88. The topological polar surface area (TPSA) is 50.8 Å². The largest absolute Gasteiger partial charge is 0.490 e. The van der Waals surface area contributed by atoms with Gasteiger partial charge in [-0.1, -0.05) is 24.9 Å². The Hall–Kier alpha value is -1.46. The fourth-order valence-electron chi connectivity index (χ4n) is 3.88. The number of nitrogens with zero attached hydrogens (tertiary/aromatic N) is 1. The Morgan fingerprint density at radius 1 is 1.23 bits per heavy atom. The van der Waals surface area contributed by atoms with Gasteiger partial charge in [0, 0.05) is 24.2 Å². The lowest BCUT2D eigenvalue weighted by Gasteiger charge is -2.28. The van der Waals surface area contributed by atoms with Crippen LogP contribution in [0.5, 0.6) is 11.5 Å². The second-order valence-electron chi connectivity index (χ2n) is 7.01. The lowest BCUT2D eigenvalue weighted by Crippen LogP contribution is -2.42. The molecule has 144 valence electrons. The third kappa shape index (κ3) is 4.09. The number of hydrogen-bond donors (Lipinski definition) is 1. The van der Waals surface area contributed by atoms with Gasteiger partial charge >= 0.3 is 0 Å². The Kier molecular flexibility index (Phi) is 6.65. The molecule has 0 radical (unpaired) electrons. The van der Waals surface area contributed by atoms with Crippen LogP contribution in [0, 0.1) is 0 Å². The molecule has 2 aliphatic rings. The van der Waals surface area contributed by atoms with Crippen molar-refractivity contribution < 1.29 is 14.3 Å². The maximum Gasteiger partial charge on any atom is 0.254 e. The smallest absolute Gasteiger partial charge is 0.254 e. The molecule has 2 fully saturated rings. The Balaban J connectivity index is 1.86. The van der Waals surface area contributed by atoms with Gasteiger partial charge in [0.1, 0.15) is 0 Å². The normalized spacial score (nSPS) is 22.2. The lowest BCUT2D eigenvalue weighted by molar-refractivity contribution is 0.0679. The van der Waals surface area contributed by atoms with E-state index in [2.05, 4.69) is 17.1 Å². The van der Waals surface area contributed by atoms with Gasteiger partial charge in [-0.3, -0.25) is 4.79 Å². The summed E-state index contributed by atoms with van der Waals surface area (Å²) in [5, 5.41) is 3.87. The van der Waals surface area contributed by atoms with Crippen molar-refractivity contribution in [2.24, 2.45) is 0 Å². The minimum atomic E-state index is 0.0455. The molecule has 0 aliphatic carbocycles. The number of halogens is 1. The summed E-state index contributed by atoms with van der Waals surface area (Å²) in [6, 6.07) is 4.10. The average molecular weight is 381 g/mol. The van der Waals surface area contributed by atoms with Crippen LogP contribution in [0.4, 0.5) is 0 Å². The third-order valence-corrected chi connectivity index (χ3v) is 5.47. The van der Waals surface area contributed by atoms with Gasteiger partial charge in [0.25, 0.3) is 5.91 Å². The van der Waals surface area contributed by atoms with Gasteiger partial charge < -0.3 is 19.7 Å². The van der Waals surface area contributed by atoms with Gasteiger partial charge in [0.15, 0.2) is 11.5 Å². The van der Waals surface area contributed by atoms with Crippen LogP contribution in [0.15, 0.2) is 12.1 Å². The zero-order valence-corrected chi connectivity index (χ0v) is 16.5. The van der Waals surface area contributed by atoms with Crippen LogP contribution in [-0.2, 0) is 0 Å². The summed E-state index contributed by atoms with van der Waals surface area (Å²) in [7, 11) is 0. The van der Waals surface area contributed by atoms with Gasteiger partial charge in [-0.05, 0) is 51.3 Å². The lowest BCUT2D eigenvalue weighted by atomic mass is 10.1. The molecule has 0 saturated carbocycles. The number of nitrogens with one attached hydrogen (secondary N) is 1. The zero-order chi connectivity index (χ0) is 18.5. The van der Waals surface area contributed by atoms with Crippen molar-refractivity contribution in [1.82, 2.24) is 10.2 Å². The van der Waals surface area contributed by atoms with Gasteiger partial charge in [-0.25, -0.2) is 0 Å². The maximum atomic E-state index is 13.2. The van der Waals surface area contributed by atoms with Crippen molar-refractivity contribution in [3.8, 4) is 11.5 Å². The fraction of sp³-hybridized carbons (Fsp3) is 0.650. The Morgan fingerprint density at radius 3 is 2.81 bits per heavy atom. The van der Waals surface area contributed by atoms with Crippen molar-refractivity contribution in [1.29, 1.82) is 0 Å². The molecule has 3 rings (SSSR count). The highest BCUT2D eigenvalue weighted by Gasteiger charge is 2.38. The van der Waals surface area contributed by atoms with Crippen LogP contribution in [0.25, 0.3) is 0 Å². The first-order chi connectivity index (χ1) is 12.7. The average Bonchev–Trinajstić information content (AvgIpc) is 2.89. The molecule has 0 spiro atoms. The quantitative estimate of drug-likeness (QED) is 0.729. The molecule has 26 heavy (non-hydrogen) atoms. The predicted molar refractivity (Wildman–Crippen MR) is 103 cm³/mol. The van der Waals surface area contributed by atoms with E-state index >= 15 is 0 Å². The number of amides is 1. The third-order valence-electron chi connectivity index (χ3n) is 5.19. The van der Waals surface area contributed by atoms with Crippen molar-refractivity contribution in [3.63, 3.8) is 0 Å². The second-order valence-corrected chi connectivity index (χ2v) is 7.42. The van der Waals surface area contributed by atoms with E-state index in [-0.39, 0.29) is 11.9 Å². The standard InChI is InChI=1S/C20H29ClN2O3/c1-3-5-10-26-19-17(21)11-14(12-18(19)25-4-2)20(24)23-15-6-7-16(23)13-22-9-8-15/h11-12,15-16,22H,3-10,13H2,1-2H3. The van der Waals surface area contributed by atoms with E-state index in [1.807, 2.05) is 6.92 Å².